The summed E-state index contributed by atoms with van der Waals surface area (Å²) in [6.07, 6.45) is 0.774. The Kier molecular flexibility index (Phi) is 5.92. The molecule has 1 aliphatic carbocycles. The van der Waals surface area contributed by atoms with Gasteiger partial charge in [-0.3, -0.25) is 9.59 Å². The van der Waals surface area contributed by atoms with Gasteiger partial charge in [-0.2, -0.15) is 0 Å². The lowest BCUT2D eigenvalue weighted by molar-refractivity contribution is -0.132. The molecule has 0 aliphatic heterocycles. The molecule has 0 spiro atoms. The quantitative estimate of drug-likeness (QED) is 0.251. The van der Waals surface area contributed by atoms with E-state index in [2.05, 4.69) is 5.32 Å². The van der Waals surface area contributed by atoms with Gasteiger partial charge >= 0.3 is 0 Å². The van der Waals surface area contributed by atoms with Crippen LogP contribution >= 0.6 is 0 Å². The van der Waals surface area contributed by atoms with Crippen LogP contribution in [0.5, 0.6) is 5.75 Å². The lowest BCUT2D eigenvalue weighted by atomic mass is 10.0. The first kappa shape index (κ1) is 21.5. The number of hydrogen-bond donors (Lipinski definition) is 2. The summed E-state index contributed by atoms with van der Waals surface area (Å²) in [5, 5.41) is 3.65. The van der Waals surface area contributed by atoms with E-state index in [4.69, 9.17) is 10.6 Å². The zero-order chi connectivity index (χ0) is 22.7. The van der Waals surface area contributed by atoms with E-state index in [0.717, 1.165) is 16.1 Å². The maximum absolute atomic E-state index is 14.5. The van der Waals surface area contributed by atoms with Gasteiger partial charge in [0.05, 0.1) is 5.69 Å². The minimum Gasteiger partial charge on any atom is -0.486 e. The molecule has 32 heavy (non-hydrogen) atoms. The Hall–Kier alpha value is -3.71. The lowest BCUT2D eigenvalue weighted by Gasteiger charge is -2.22. The number of hydrazine groups is 1. The third-order valence-corrected chi connectivity index (χ3v) is 5.55. The predicted octanol–water partition coefficient (Wildman–Crippen LogP) is 4.34. The molecular formula is C25H24FN3O3. The van der Waals surface area contributed by atoms with E-state index >= 15 is 0 Å². The first-order chi connectivity index (χ1) is 15.4. The molecule has 3 aromatic rings. The number of hydrogen-bond acceptors (Lipinski definition) is 4. The third-order valence-electron chi connectivity index (χ3n) is 5.55. The fourth-order valence-electron chi connectivity index (χ4n) is 3.40. The lowest BCUT2D eigenvalue weighted by Crippen LogP contribution is -2.47. The Bertz CT molecular complexity index is 1130. The van der Waals surface area contributed by atoms with Crippen LogP contribution in [0.1, 0.15) is 24.0 Å². The van der Waals surface area contributed by atoms with Gasteiger partial charge in [-0.15, -0.1) is 0 Å². The summed E-state index contributed by atoms with van der Waals surface area (Å²) >= 11 is 0. The molecule has 4 rings (SSSR count). The second-order valence-electron chi connectivity index (χ2n) is 7.97. The molecule has 0 saturated heterocycles. The van der Waals surface area contributed by atoms with Crippen molar-refractivity contribution in [3.63, 3.8) is 0 Å². The molecular weight excluding hydrogens is 409 g/mol. The van der Waals surface area contributed by atoms with Gasteiger partial charge in [0.1, 0.15) is 12.0 Å². The molecule has 1 saturated carbocycles. The van der Waals surface area contributed by atoms with Crippen molar-refractivity contribution >= 4 is 23.2 Å². The van der Waals surface area contributed by atoms with Crippen molar-refractivity contribution in [1.82, 2.24) is 0 Å². The minimum absolute atomic E-state index is 0.0802. The predicted molar refractivity (Wildman–Crippen MR) is 120 cm³/mol. The van der Waals surface area contributed by atoms with E-state index in [9.17, 15) is 14.0 Å². The van der Waals surface area contributed by atoms with E-state index in [-0.39, 0.29) is 18.0 Å². The topological polar surface area (TPSA) is 84.7 Å². The number of amides is 2. The molecule has 164 valence electrons. The van der Waals surface area contributed by atoms with Crippen LogP contribution in [-0.2, 0) is 16.2 Å². The summed E-state index contributed by atoms with van der Waals surface area (Å²) in [5.74, 6) is 4.49. The van der Waals surface area contributed by atoms with Crippen LogP contribution in [0.2, 0.25) is 0 Å². The number of carbonyl (C=O) groups is 2. The number of benzene rings is 3. The third kappa shape index (κ3) is 4.48. The van der Waals surface area contributed by atoms with Crippen LogP contribution in [0.25, 0.3) is 0 Å². The Labute approximate surface area is 185 Å². The Morgan fingerprint density at radius 1 is 1.06 bits per heavy atom. The largest absolute Gasteiger partial charge is 0.486 e. The first-order valence-corrected chi connectivity index (χ1v) is 10.3. The van der Waals surface area contributed by atoms with Crippen molar-refractivity contribution < 1.29 is 18.7 Å². The summed E-state index contributed by atoms with van der Waals surface area (Å²) in [6, 6.07) is 20.7. The van der Waals surface area contributed by atoms with Gasteiger partial charge in [0.2, 0.25) is 5.91 Å². The zero-order valence-corrected chi connectivity index (χ0v) is 17.7. The van der Waals surface area contributed by atoms with Gasteiger partial charge in [-0.25, -0.2) is 15.2 Å². The van der Waals surface area contributed by atoms with Gasteiger partial charge in [0.25, 0.3) is 5.91 Å². The summed E-state index contributed by atoms with van der Waals surface area (Å²) in [7, 11) is 0. The molecule has 1 aliphatic rings. The highest BCUT2D eigenvalue weighted by molar-refractivity contribution is 6.17. The number of nitrogens with one attached hydrogen (secondary N) is 1. The molecule has 6 nitrogen and oxygen atoms in total. The molecule has 0 heterocycles. The van der Waals surface area contributed by atoms with Crippen molar-refractivity contribution in [3.05, 3.63) is 89.7 Å². The minimum atomic E-state index is -1.24. The molecule has 0 atom stereocenters. The summed E-state index contributed by atoms with van der Waals surface area (Å²) in [6.45, 7) is 2.16. The van der Waals surface area contributed by atoms with Crippen molar-refractivity contribution in [1.29, 1.82) is 0 Å². The number of ether oxygens (including phenoxy) is 1. The van der Waals surface area contributed by atoms with E-state index in [1.165, 1.54) is 12.1 Å². The van der Waals surface area contributed by atoms with E-state index in [0.29, 0.717) is 18.5 Å². The second-order valence-corrected chi connectivity index (χ2v) is 7.97. The molecule has 3 aromatic carbocycles. The van der Waals surface area contributed by atoms with Gasteiger partial charge < -0.3 is 10.1 Å². The monoisotopic (exact) mass is 433 g/mol. The molecule has 0 bridgehead atoms. The molecule has 1 fully saturated rings. The maximum atomic E-state index is 14.5. The van der Waals surface area contributed by atoms with Crippen LogP contribution < -0.4 is 20.9 Å². The van der Waals surface area contributed by atoms with Crippen LogP contribution in [0.15, 0.2) is 72.8 Å². The number of aryl methyl sites for hydroxylation is 1. The average Bonchev–Trinajstić information content (AvgIpc) is 3.61. The SMILES string of the molecule is Cc1ccc(N(N)C(=O)C2(C(=O)Nc3ccc(OCc4ccccc4)c(F)c3)CC2)cc1. The number of halogens is 1. The maximum Gasteiger partial charge on any atom is 0.256 e. The Morgan fingerprint density at radius 3 is 2.38 bits per heavy atom. The van der Waals surface area contributed by atoms with Crippen LogP contribution in [-0.4, -0.2) is 11.8 Å². The van der Waals surface area contributed by atoms with Gasteiger partial charge in [0.15, 0.2) is 11.6 Å². The van der Waals surface area contributed by atoms with Crippen LogP contribution in [0.4, 0.5) is 15.8 Å². The molecule has 3 N–H and O–H groups in total. The first-order valence-electron chi connectivity index (χ1n) is 10.3. The fourth-order valence-corrected chi connectivity index (χ4v) is 3.40. The van der Waals surface area contributed by atoms with Gasteiger partial charge in [0, 0.05) is 11.8 Å². The number of carbonyl (C=O) groups excluding carboxylic acids is 2. The Balaban J connectivity index is 1.41. The summed E-state index contributed by atoms with van der Waals surface area (Å²) in [5.41, 5.74) is 1.46. The summed E-state index contributed by atoms with van der Waals surface area (Å²) in [4.78, 5) is 25.8. The van der Waals surface area contributed by atoms with Crippen molar-refractivity contribution in [2.75, 3.05) is 10.3 Å². The molecule has 2 amide bonds. The molecule has 0 unspecified atom stereocenters. The van der Waals surface area contributed by atoms with Crippen molar-refractivity contribution in [2.45, 2.75) is 26.4 Å². The van der Waals surface area contributed by atoms with Crippen LogP contribution in [0, 0.1) is 18.2 Å². The number of rotatable bonds is 7. The van der Waals surface area contributed by atoms with Gasteiger partial charge in [-0.1, -0.05) is 48.0 Å². The highest BCUT2D eigenvalue weighted by Gasteiger charge is 2.58. The normalized spacial score (nSPS) is 13.8. The van der Waals surface area contributed by atoms with Crippen molar-refractivity contribution in [2.24, 2.45) is 11.3 Å². The summed E-state index contributed by atoms with van der Waals surface area (Å²) < 4.78 is 20.0. The Morgan fingerprint density at radius 2 is 1.75 bits per heavy atom. The van der Waals surface area contributed by atoms with E-state index < -0.39 is 23.0 Å². The van der Waals surface area contributed by atoms with Gasteiger partial charge in [-0.05, 0) is 49.6 Å². The highest BCUT2D eigenvalue weighted by Crippen LogP contribution is 2.48. The van der Waals surface area contributed by atoms with Crippen molar-refractivity contribution in [3.8, 4) is 5.75 Å². The molecule has 7 heteroatoms. The average molecular weight is 433 g/mol. The number of anilines is 2. The molecule has 0 radical (unpaired) electrons. The van der Waals surface area contributed by atoms with Crippen LogP contribution in [0.3, 0.4) is 0 Å². The standard InChI is InChI=1S/C25H24FN3O3/c1-17-7-10-20(11-8-17)29(27)24(31)25(13-14-25)23(30)28-19-9-12-22(21(26)15-19)32-16-18-5-3-2-4-6-18/h2-12,15H,13-14,16,27H2,1H3,(H,28,30). The van der Waals surface area contributed by atoms with E-state index in [1.54, 1.807) is 18.2 Å². The smallest absolute Gasteiger partial charge is 0.256 e. The zero-order valence-electron chi connectivity index (χ0n) is 17.7. The number of nitrogens with zero attached hydrogens (tertiary/aromatic N) is 1. The number of nitrogens with two attached hydrogens (primary N) is 1. The molecule has 0 aromatic heterocycles. The fraction of sp³-hybridized carbons (Fsp3) is 0.200. The van der Waals surface area contributed by atoms with E-state index in [1.807, 2.05) is 49.4 Å². The highest BCUT2D eigenvalue weighted by atomic mass is 19.1. The second kappa shape index (κ2) is 8.80.